The third kappa shape index (κ3) is 3.20. The highest BCUT2D eigenvalue weighted by Gasteiger charge is 2.57. The minimum Gasteiger partial charge on any atom is -0.349 e. The SMILES string of the molecule is C=C(C(C)(CCc1ccccc1)c1ccccc1C)C1(C)N(C)c2ncccc2C1(C)C. The van der Waals surface area contributed by atoms with Crippen molar-refractivity contribution in [3.63, 3.8) is 0 Å². The number of benzene rings is 2. The van der Waals surface area contributed by atoms with Crippen molar-refractivity contribution in [2.45, 2.75) is 63.8 Å². The van der Waals surface area contributed by atoms with Gasteiger partial charge in [0.2, 0.25) is 0 Å². The first kappa shape index (κ1) is 22.3. The fourth-order valence-corrected chi connectivity index (χ4v) is 5.84. The van der Waals surface area contributed by atoms with E-state index < -0.39 is 0 Å². The number of fused-ring (bicyclic) bond motifs is 1. The quantitative estimate of drug-likeness (QED) is 0.395. The highest BCUT2D eigenvalue weighted by Crippen LogP contribution is 2.57. The van der Waals surface area contributed by atoms with Crippen molar-refractivity contribution in [3.05, 3.63) is 107 Å². The Bertz CT molecular complexity index is 1130. The summed E-state index contributed by atoms with van der Waals surface area (Å²) in [5.74, 6) is 1.07. The smallest absolute Gasteiger partial charge is 0.132 e. The van der Waals surface area contributed by atoms with Crippen LogP contribution in [-0.4, -0.2) is 17.6 Å². The number of hydrogen-bond acceptors (Lipinski definition) is 2. The maximum absolute atomic E-state index is 4.87. The summed E-state index contributed by atoms with van der Waals surface area (Å²) in [6.07, 6.45) is 3.91. The van der Waals surface area contributed by atoms with Gasteiger partial charge in [-0.05, 0) is 55.0 Å². The molecular formula is C30H36N2. The van der Waals surface area contributed by atoms with Gasteiger partial charge in [0.1, 0.15) is 5.82 Å². The molecule has 0 saturated carbocycles. The van der Waals surface area contributed by atoms with E-state index in [2.05, 4.69) is 113 Å². The van der Waals surface area contributed by atoms with E-state index in [9.17, 15) is 0 Å². The van der Waals surface area contributed by atoms with E-state index >= 15 is 0 Å². The molecule has 2 atom stereocenters. The van der Waals surface area contributed by atoms with E-state index in [4.69, 9.17) is 11.6 Å². The van der Waals surface area contributed by atoms with Gasteiger partial charge < -0.3 is 4.90 Å². The van der Waals surface area contributed by atoms with E-state index in [1.165, 1.54) is 27.8 Å². The number of likely N-dealkylation sites (N-methyl/N-ethyl adjacent to an activating group) is 1. The second kappa shape index (κ2) is 7.92. The largest absolute Gasteiger partial charge is 0.349 e. The van der Waals surface area contributed by atoms with Crippen LogP contribution in [0.1, 0.15) is 56.4 Å². The van der Waals surface area contributed by atoms with Gasteiger partial charge in [0.05, 0.1) is 5.54 Å². The molecule has 0 saturated heterocycles. The molecule has 3 aromatic rings. The standard InChI is InChI=1S/C30H36N2/c1-22-14-11-12-17-25(22)29(5,20-19-24-15-9-8-10-16-24)23(2)30(6)28(3,4)26-18-13-21-31-27(26)32(30)7/h8-18,21H,2,19-20H2,1,3-7H3. The summed E-state index contributed by atoms with van der Waals surface area (Å²) in [5, 5.41) is 0. The summed E-state index contributed by atoms with van der Waals surface area (Å²) in [5.41, 5.74) is 6.01. The van der Waals surface area contributed by atoms with E-state index in [1.54, 1.807) is 0 Å². The number of rotatable bonds is 6. The fraction of sp³-hybridized carbons (Fsp3) is 0.367. The fourth-order valence-electron chi connectivity index (χ4n) is 5.84. The molecule has 1 aromatic heterocycles. The van der Waals surface area contributed by atoms with Crippen LogP contribution in [0, 0.1) is 6.92 Å². The van der Waals surface area contributed by atoms with Gasteiger partial charge in [0.25, 0.3) is 0 Å². The number of nitrogens with zero attached hydrogens (tertiary/aromatic N) is 2. The maximum atomic E-state index is 4.87. The molecule has 2 nitrogen and oxygen atoms in total. The van der Waals surface area contributed by atoms with Crippen molar-refractivity contribution in [1.82, 2.24) is 4.98 Å². The molecule has 32 heavy (non-hydrogen) atoms. The molecule has 0 fully saturated rings. The Hall–Kier alpha value is -2.87. The van der Waals surface area contributed by atoms with Crippen molar-refractivity contribution in [2.24, 2.45) is 0 Å². The van der Waals surface area contributed by atoms with Gasteiger partial charge in [-0.1, -0.05) is 88.0 Å². The molecule has 166 valence electrons. The summed E-state index contributed by atoms with van der Waals surface area (Å²) in [7, 11) is 2.18. The summed E-state index contributed by atoms with van der Waals surface area (Å²) in [6, 6.07) is 23.9. The van der Waals surface area contributed by atoms with Crippen molar-refractivity contribution in [1.29, 1.82) is 0 Å². The average Bonchev–Trinajstić information content (AvgIpc) is 2.96. The summed E-state index contributed by atoms with van der Waals surface area (Å²) in [6.45, 7) is 16.5. The third-order valence-electron chi connectivity index (χ3n) is 8.42. The van der Waals surface area contributed by atoms with Crippen LogP contribution in [0.3, 0.4) is 0 Å². The predicted octanol–water partition coefficient (Wildman–Crippen LogP) is 7.02. The Morgan fingerprint density at radius 2 is 1.62 bits per heavy atom. The van der Waals surface area contributed by atoms with Gasteiger partial charge in [-0.2, -0.15) is 0 Å². The van der Waals surface area contributed by atoms with E-state index in [1.807, 2.05) is 6.20 Å². The van der Waals surface area contributed by atoms with Crippen LogP contribution < -0.4 is 4.90 Å². The zero-order valence-corrected chi connectivity index (χ0v) is 20.4. The number of aryl methyl sites for hydroxylation is 2. The van der Waals surface area contributed by atoms with Crippen molar-refractivity contribution >= 4 is 5.82 Å². The van der Waals surface area contributed by atoms with Crippen molar-refractivity contribution in [2.75, 3.05) is 11.9 Å². The number of pyridine rings is 1. The third-order valence-corrected chi connectivity index (χ3v) is 8.42. The Balaban J connectivity index is 1.83. The van der Waals surface area contributed by atoms with Crippen LogP contribution in [0.4, 0.5) is 5.82 Å². The summed E-state index contributed by atoms with van der Waals surface area (Å²) in [4.78, 5) is 7.13. The molecule has 0 bridgehead atoms. The molecule has 2 heteroatoms. The lowest BCUT2D eigenvalue weighted by atomic mass is 9.58. The highest BCUT2D eigenvalue weighted by atomic mass is 15.3. The Labute approximate surface area is 194 Å². The van der Waals surface area contributed by atoms with Gasteiger partial charge in [-0.15, -0.1) is 0 Å². The monoisotopic (exact) mass is 424 g/mol. The molecule has 2 aromatic carbocycles. The molecule has 1 aliphatic heterocycles. The minimum absolute atomic E-state index is 0.126. The lowest BCUT2D eigenvalue weighted by molar-refractivity contribution is 0.298. The van der Waals surface area contributed by atoms with Gasteiger partial charge in [-0.25, -0.2) is 4.98 Å². The van der Waals surface area contributed by atoms with Crippen LogP contribution in [0.5, 0.6) is 0 Å². The molecule has 2 heterocycles. The number of anilines is 1. The van der Waals surface area contributed by atoms with Gasteiger partial charge in [-0.3, -0.25) is 0 Å². The summed E-state index contributed by atoms with van der Waals surface area (Å²) >= 11 is 0. The molecular weight excluding hydrogens is 388 g/mol. The van der Waals surface area contributed by atoms with E-state index in [0.717, 1.165) is 18.7 Å². The normalized spacial score (nSPS) is 21.1. The van der Waals surface area contributed by atoms with Crippen LogP contribution in [0.15, 0.2) is 85.1 Å². The van der Waals surface area contributed by atoms with E-state index in [0.29, 0.717) is 0 Å². The second-order valence-corrected chi connectivity index (χ2v) is 10.2. The van der Waals surface area contributed by atoms with Crippen LogP contribution >= 0.6 is 0 Å². The van der Waals surface area contributed by atoms with Crippen LogP contribution in [-0.2, 0) is 17.3 Å². The Kier molecular flexibility index (Phi) is 5.53. The topological polar surface area (TPSA) is 16.1 Å². The maximum Gasteiger partial charge on any atom is 0.132 e. The van der Waals surface area contributed by atoms with Gasteiger partial charge in [0, 0.05) is 29.6 Å². The van der Waals surface area contributed by atoms with Crippen LogP contribution in [0.2, 0.25) is 0 Å². The average molecular weight is 425 g/mol. The summed E-state index contributed by atoms with van der Waals surface area (Å²) < 4.78 is 0. The molecule has 0 spiro atoms. The molecule has 0 aliphatic carbocycles. The Morgan fingerprint density at radius 1 is 0.969 bits per heavy atom. The minimum atomic E-state index is -0.280. The van der Waals surface area contributed by atoms with Gasteiger partial charge in [0.15, 0.2) is 0 Å². The number of hydrogen-bond donors (Lipinski definition) is 0. The first-order valence-corrected chi connectivity index (χ1v) is 11.6. The zero-order chi connectivity index (χ0) is 23.1. The van der Waals surface area contributed by atoms with Gasteiger partial charge >= 0.3 is 0 Å². The molecule has 0 N–H and O–H groups in total. The molecule has 0 amide bonds. The first-order valence-electron chi connectivity index (χ1n) is 11.6. The van der Waals surface area contributed by atoms with Crippen molar-refractivity contribution < 1.29 is 0 Å². The zero-order valence-electron chi connectivity index (χ0n) is 20.4. The molecule has 1 aliphatic rings. The second-order valence-electron chi connectivity index (χ2n) is 10.2. The lowest BCUT2D eigenvalue weighted by Crippen LogP contribution is -2.57. The molecule has 4 rings (SSSR count). The highest BCUT2D eigenvalue weighted by molar-refractivity contribution is 5.66. The van der Waals surface area contributed by atoms with E-state index in [-0.39, 0.29) is 16.4 Å². The van der Waals surface area contributed by atoms with Crippen LogP contribution in [0.25, 0.3) is 0 Å². The predicted molar refractivity (Wildman–Crippen MR) is 137 cm³/mol. The number of aromatic nitrogens is 1. The lowest BCUT2D eigenvalue weighted by Gasteiger charge is -2.51. The molecule has 2 unspecified atom stereocenters. The first-order chi connectivity index (χ1) is 15.1. The van der Waals surface area contributed by atoms with Crippen molar-refractivity contribution in [3.8, 4) is 0 Å². The Morgan fingerprint density at radius 3 is 2.28 bits per heavy atom. The molecule has 0 radical (unpaired) electrons.